The Labute approximate surface area is 124 Å². The SMILES string of the molecule is Cc1ccc(C(C)NC(=O)N2CCCC(C)C2C(=O)O)o1. The second-order valence-electron chi connectivity index (χ2n) is 5.72. The number of amides is 2. The van der Waals surface area contributed by atoms with Gasteiger partial charge in [0.25, 0.3) is 0 Å². The van der Waals surface area contributed by atoms with Crippen molar-refractivity contribution in [3.05, 3.63) is 23.7 Å². The van der Waals surface area contributed by atoms with Crippen LogP contribution in [0.25, 0.3) is 0 Å². The van der Waals surface area contributed by atoms with Crippen LogP contribution in [-0.4, -0.2) is 34.6 Å². The molecule has 2 N–H and O–H groups in total. The van der Waals surface area contributed by atoms with Gasteiger partial charge in [0, 0.05) is 6.54 Å². The number of urea groups is 1. The Balaban J connectivity index is 2.06. The molecular weight excluding hydrogens is 272 g/mol. The van der Waals surface area contributed by atoms with Gasteiger partial charge in [-0.15, -0.1) is 0 Å². The van der Waals surface area contributed by atoms with E-state index in [1.807, 2.05) is 32.9 Å². The number of nitrogens with zero attached hydrogens (tertiary/aromatic N) is 1. The van der Waals surface area contributed by atoms with Gasteiger partial charge in [-0.1, -0.05) is 6.92 Å². The number of likely N-dealkylation sites (tertiary alicyclic amines) is 1. The Bertz CT molecular complexity index is 525. The summed E-state index contributed by atoms with van der Waals surface area (Å²) in [6, 6.07) is 2.24. The van der Waals surface area contributed by atoms with Crippen molar-refractivity contribution in [1.82, 2.24) is 10.2 Å². The normalized spacial score (nSPS) is 23.7. The highest BCUT2D eigenvalue weighted by molar-refractivity contribution is 5.83. The first-order valence-corrected chi connectivity index (χ1v) is 7.26. The van der Waals surface area contributed by atoms with Crippen LogP contribution in [0.2, 0.25) is 0 Å². The number of carboxylic acid groups (broad SMARTS) is 1. The molecule has 0 aromatic carbocycles. The van der Waals surface area contributed by atoms with E-state index in [0.717, 1.165) is 18.6 Å². The van der Waals surface area contributed by atoms with Gasteiger partial charge < -0.3 is 19.7 Å². The lowest BCUT2D eigenvalue weighted by molar-refractivity contribution is -0.145. The molecule has 1 aliphatic rings. The maximum Gasteiger partial charge on any atom is 0.326 e. The molecule has 2 amide bonds. The van der Waals surface area contributed by atoms with Crippen molar-refractivity contribution in [3.8, 4) is 0 Å². The fraction of sp³-hybridized carbons (Fsp3) is 0.600. The van der Waals surface area contributed by atoms with Crippen LogP contribution in [-0.2, 0) is 4.79 Å². The Hall–Kier alpha value is -1.98. The third kappa shape index (κ3) is 3.37. The van der Waals surface area contributed by atoms with Gasteiger partial charge in [-0.3, -0.25) is 0 Å². The van der Waals surface area contributed by atoms with Crippen LogP contribution in [0.15, 0.2) is 16.5 Å². The highest BCUT2D eigenvalue weighted by Crippen LogP contribution is 2.24. The number of carbonyl (C=O) groups excluding carboxylic acids is 1. The molecule has 2 rings (SSSR count). The molecule has 0 radical (unpaired) electrons. The quantitative estimate of drug-likeness (QED) is 0.897. The second kappa shape index (κ2) is 6.20. The van der Waals surface area contributed by atoms with Crippen molar-refractivity contribution in [1.29, 1.82) is 0 Å². The molecule has 6 heteroatoms. The highest BCUT2D eigenvalue weighted by atomic mass is 16.4. The van der Waals surface area contributed by atoms with Crippen molar-refractivity contribution in [2.24, 2.45) is 5.92 Å². The van der Waals surface area contributed by atoms with E-state index < -0.39 is 12.0 Å². The molecule has 116 valence electrons. The summed E-state index contributed by atoms with van der Waals surface area (Å²) in [5, 5.41) is 12.2. The van der Waals surface area contributed by atoms with Crippen LogP contribution in [0, 0.1) is 12.8 Å². The molecule has 1 saturated heterocycles. The molecule has 0 spiro atoms. The topological polar surface area (TPSA) is 82.8 Å². The molecule has 1 aliphatic heterocycles. The zero-order chi connectivity index (χ0) is 15.6. The zero-order valence-corrected chi connectivity index (χ0v) is 12.6. The van der Waals surface area contributed by atoms with Gasteiger partial charge in [0.2, 0.25) is 0 Å². The van der Waals surface area contributed by atoms with E-state index in [1.54, 1.807) is 0 Å². The maximum atomic E-state index is 12.4. The van der Waals surface area contributed by atoms with Crippen molar-refractivity contribution < 1.29 is 19.1 Å². The molecule has 1 fully saturated rings. The Kier molecular flexibility index (Phi) is 4.55. The van der Waals surface area contributed by atoms with E-state index >= 15 is 0 Å². The van der Waals surface area contributed by atoms with Crippen LogP contribution in [0.5, 0.6) is 0 Å². The van der Waals surface area contributed by atoms with E-state index in [4.69, 9.17) is 4.42 Å². The molecular formula is C15H22N2O4. The van der Waals surface area contributed by atoms with E-state index in [2.05, 4.69) is 5.32 Å². The summed E-state index contributed by atoms with van der Waals surface area (Å²) in [6.45, 7) is 6.00. The molecule has 1 aromatic rings. The average molecular weight is 294 g/mol. The molecule has 3 unspecified atom stereocenters. The summed E-state index contributed by atoms with van der Waals surface area (Å²) in [5.74, 6) is 0.459. The van der Waals surface area contributed by atoms with Crippen molar-refractivity contribution in [3.63, 3.8) is 0 Å². The summed E-state index contributed by atoms with van der Waals surface area (Å²) < 4.78 is 5.48. The summed E-state index contributed by atoms with van der Waals surface area (Å²) in [4.78, 5) is 25.2. The van der Waals surface area contributed by atoms with Crippen LogP contribution < -0.4 is 5.32 Å². The van der Waals surface area contributed by atoms with Crippen molar-refractivity contribution in [2.45, 2.75) is 45.7 Å². The Morgan fingerprint density at radius 2 is 2.19 bits per heavy atom. The molecule has 0 aliphatic carbocycles. The first-order valence-electron chi connectivity index (χ1n) is 7.26. The standard InChI is InChI=1S/C15H22N2O4/c1-9-5-4-8-17(13(9)14(18)19)15(20)16-11(3)12-7-6-10(2)21-12/h6-7,9,11,13H,4-5,8H2,1-3H3,(H,16,20)(H,18,19). The number of hydrogen-bond donors (Lipinski definition) is 2. The van der Waals surface area contributed by atoms with Gasteiger partial charge in [-0.05, 0) is 44.7 Å². The van der Waals surface area contributed by atoms with Crippen molar-refractivity contribution >= 4 is 12.0 Å². The summed E-state index contributed by atoms with van der Waals surface area (Å²) in [7, 11) is 0. The molecule has 21 heavy (non-hydrogen) atoms. The third-order valence-corrected chi connectivity index (χ3v) is 3.98. The lowest BCUT2D eigenvalue weighted by Gasteiger charge is -2.37. The largest absolute Gasteiger partial charge is 0.480 e. The Morgan fingerprint density at radius 3 is 2.76 bits per heavy atom. The number of aliphatic carboxylic acids is 1. The molecule has 0 bridgehead atoms. The second-order valence-corrected chi connectivity index (χ2v) is 5.72. The first kappa shape index (κ1) is 15.4. The zero-order valence-electron chi connectivity index (χ0n) is 12.6. The monoisotopic (exact) mass is 294 g/mol. The predicted molar refractivity (Wildman–Crippen MR) is 76.9 cm³/mol. The number of nitrogens with one attached hydrogen (secondary N) is 1. The molecule has 2 heterocycles. The first-order chi connectivity index (χ1) is 9.90. The summed E-state index contributed by atoms with van der Waals surface area (Å²) >= 11 is 0. The lowest BCUT2D eigenvalue weighted by atomic mass is 9.91. The smallest absolute Gasteiger partial charge is 0.326 e. The minimum absolute atomic E-state index is 0.0387. The van der Waals surface area contributed by atoms with E-state index in [9.17, 15) is 14.7 Å². The maximum absolute atomic E-state index is 12.4. The number of hydrogen-bond acceptors (Lipinski definition) is 3. The molecule has 6 nitrogen and oxygen atoms in total. The Morgan fingerprint density at radius 1 is 1.48 bits per heavy atom. The van der Waals surface area contributed by atoms with E-state index in [-0.39, 0.29) is 18.0 Å². The predicted octanol–water partition coefficient (Wildman–Crippen LogP) is 2.54. The third-order valence-electron chi connectivity index (χ3n) is 3.98. The van der Waals surface area contributed by atoms with E-state index in [0.29, 0.717) is 12.3 Å². The summed E-state index contributed by atoms with van der Waals surface area (Å²) in [6.07, 6.45) is 1.65. The summed E-state index contributed by atoms with van der Waals surface area (Å²) in [5.41, 5.74) is 0. The number of aryl methyl sites for hydroxylation is 1. The average Bonchev–Trinajstić information content (AvgIpc) is 2.84. The number of carboxylic acids is 1. The number of rotatable bonds is 3. The van der Waals surface area contributed by atoms with Crippen LogP contribution >= 0.6 is 0 Å². The van der Waals surface area contributed by atoms with Gasteiger partial charge in [0.1, 0.15) is 17.6 Å². The minimum atomic E-state index is -0.946. The highest BCUT2D eigenvalue weighted by Gasteiger charge is 2.37. The van der Waals surface area contributed by atoms with Crippen LogP contribution in [0.1, 0.15) is 44.3 Å². The van der Waals surface area contributed by atoms with Gasteiger partial charge in [-0.2, -0.15) is 0 Å². The fourth-order valence-electron chi connectivity index (χ4n) is 2.82. The van der Waals surface area contributed by atoms with Crippen LogP contribution in [0.3, 0.4) is 0 Å². The molecule has 1 aromatic heterocycles. The van der Waals surface area contributed by atoms with E-state index in [1.165, 1.54) is 4.90 Å². The minimum Gasteiger partial charge on any atom is -0.480 e. The fourth-order valence-corrected chi connectivity index (χ4v) is 2.82. The number of carbonyl (C=O) groups is 2. The molecule has 3 atom stereocenters. The van der Waals surface area contributed by atoms with Gasteiger partial charge in [-0.25, -0.2) is 9.59 Å². The lowest BCUT2D eigenvalue weighted by Crippen LogP contribution is -2.55. The molecule has 0 saturated carbocycles. The van der Waals surface area contributed by atoms with Crippen molar-refractivity contribution in [2.75, 3.05) is 6.54 Å². The van der Waals surface area contributed by atoms with Gasteiger partial charge in [0.15, 0.2) is 0 Å². The van der Waals surface area contributed by atoms with Crippen LogP contribution in [0.4, 0.5) is 4.79 Å². The van der Waals surface area contributed by atoms with Gasteiger partial charge in [0.05, 0.1) is 6.04 Å². The van der Waals surface area contributed by atoms with Gasteiger partial charge >= 0.3 is 12.0 Å². The number of piperidine rings is 1. The number of furan rings is 1.